The second kappa shape index (κ2) is 5.03. The quantitative estimate of drug-likeness (QED) is 0.578. The van der Waals surface area contributed by atoms with Crippen molar-refractivity contribution in [2.75, 3.05) is 7.11 Å². The molecule has 0 aliphatic carbocycles. The van der Waals surface area contributed by atoms with Crippen LogP contribution >= 0.6 is 0 Å². The lowest BCUT2D eigenvalue weighted by Crippen LogP contribution is -2.52. The molecular formula is C6H3F9O4. The number of alkyl halides is 9. The standard InChI is InChI=1S/C6H3F9O4/c1-17-2(16)3(7,8)18-4(9,10)5(11,12)19-6(13,14)15/h1H3. The molecule has 19 heavy (non-hydrogen) atoms. The average Bonchev–Trinajstić information content (AvgIpc) is 2.10. The summed E-state index contributed by atoms with van der Waals surface area (Å²) in [5.41, 5.74) is 0. The largest absolute Gasteiger partial charge is 0.527 e. The van der Waals surface area contributed by atoms with Crippen molar-refractivity contribution in [3.05, 3.63) is 0 Å². The van der Waals surface area contributed by atoms with Gasteiger partial charge in [-0.25, -0.2) is 14.3 Å². The smallest absolute Gasteiger partial charge is 0.463 e. The van der Waals surface area contributed by atoms with Gasteiger partial charge in [0.25, 0.3) is 0 Å². The van der Waals surface area contributed by atoms with Gasteiger partial charge in [0, 0.05) is 0 Å². The van der Waals surface area contributed by atoms with Crippen LogP contribution < -0.4 is 0 Å². The van der Waals surface area contributed by atoms with Crippen LogP contribution in [-0.4, -0.2) is 37.8 Å². The molecule has 0 atom stereocenters. The normalized spacial score (nSPS) is 14.4. The highest BCUT2D eigenvalue weighted by molar-refractivity contribution is 5.75. The average molecular weight is 310 g/mol. The predicted octanol–water partition coefficient (Wildman–Crippen LogP) is 2.49. The van der Waals surface area contributed by atoms with E-state index in [1.807, 2.05) is 0 Å². The molecule has 0 unspecified atom stereocenters. The maximum Gasteiger partial charge on any atom is 0.527 e. The third-order valence-corrected chi connectivity index (χ3v) is 1.26. The monoisotopic (exact) mass is 310 g/mol. The second-order valence-corrected chi connectivity index (χ2v) is 2.69. The number of rotatable bonds is 5. The number of carbonyl (C=O) groups excluding carboxylic acids is 1. The first kappa shape index (κ1) is 17.8. The number of methoxy groups -OCH3 is 1. The molecule has 0 spiro atoms. The zero-order valence-corrected chi connectivity index (χ0v) is 8.53. The minimum atomic E-state index is -6.50. The maximum absolute atomic E-state index is 12.4. The first-order valence-corrected chi connectivity index (χ1v) is 3.83. The molecule has 0 aromatic rings. The van der Waals surface area contributed by atoms with Crippen LogP contribution in [0.5, 0.6) is 0 Å². The molecule has 0 radical (unpaired) electrons. The van der Waals surface area contributed by atoms with Crippen LogP contribution in [0.3, 0.4) is 0 Å². The molecule has 0 aromatic heterocycles. The van der Waals surface area contributed by atoms with Gasteiger partial charge in [0.15, 0.2) is 0 Å². The summed E-state index contributed by atoms with van der Waals surface area (Å²) in [5, 5.41) is 0. The van der Waals surface area contributed by atoms with Crippen molar-refractivity contribution in [3.8, 4) is 0 Å². The summed E-state index contributed by atoms with van der Waals surface area (Å²) < 4.78 is 115. The number of hydrogen-bond acceptors (Lipinski definition) is 4. The highest BCUT2D eigenvalue weighted by Gasteiger charge is 2.69. The number of halogens is 9. The molecule has 0 N–H and O–H groups in total. The Bertz CT molecular complexity index is 336. The van der Waals surface area contributed by atoms with Crippen molar-refractivity contribution in [1.29, 1.82) is 0 Å². The van der Waals surface area contributed by atoms with Crippen LogP contribution in [0.2, 0.25) is 0 Å². The van der Waals surface area contributed by atoms with Gasteiger partial charge in [0.05, 0.1) is 7.11 Å². The topological polar surface area (TPSA) is 44.8 Å². The van der Waals surface area contributed by atoms with E-state index < -0.39 is 30.7 Å². The molecular weight excluding hydrogens is 307 g/mol. The zero-order chi connectivity index (χ0) is 15.7. The van der Waals surface area contributed by atoms with E-state index in [2.05, 4.69) is 9.47 Å². The fraction of sp³-hybridized carbons (Fsp3) is 0.833. The van der Waals surface area contributed by atoms with Gasteiger partial charge >= 0.3 is 30.7 Å². The van der Waals surface area contributed by atoms with E-state index in [-0.39, 0.29) is 7.11 Å². The Morgan fingerprint density at radius 3 is 1.47 bits per heavy atom. The van der Waals surface area contributed by atoms with E-state index in [1.54, 1.807) is 4.74 Å². The van der Waals surface area contributed by atoms with Gasteiger partial charge in [-0.2, -0.15) is 26.3 Å². The number of hydrogen-bond donors (Lipinski definition) is 0. The summed E-state index contributed by atoms with van der Waals surface area (Å²) in [7, 11) is 0.266. The Kier molecular flexibility index (Phi) is 4.70. The van der Waals surface area contributed by atoms with Crippen molar-refractivity contribution in [2.45, 2.75) is 24.7 Å². The first-order valence-electron chi connectivity index (χ1n) is 3.83. The van der Waals surface area contributed by atoms with Crippen LogP contribution in [0.25, 0.3) is 0 Å². The molecule has 114 valence electrons. The predicted molar refractivity (Wildman–Crippen MR) is 35.1 cm³/mol. The summed E-state index contributed by atoms with van der Waals surface area (Å²) in [4.78, 5) is 10.2. The second-order valence-electron chi connectivity index (χ2n) is 2.69. The molecule has 0 aliphatic rings. The van der Waals surface area contributed by atoms with Crippen molar-refractivity contribution in [1.82, 2.24) is 0 Å². The Balaban J connectivity index is 5.12. The third kappa shape index (κ3) is 4.74. The van der Waals surface area contributed by atoms with E-state index in [1.165, 1.54) is 0 Å². The van der Waals surface area contributed by atoms with Gasteiger partial charge < -0.3 is 4.74 Å². The summed E-state index contributed by atoms with van der Waals surface area (Å²) in [5.74, 6) is -2.82. The maximum atomic E-state index is 12.4. The molecule has 0 aliphatic heterocycles. The molecule has 13 heteroatoms. The van der Waals surface area contributed by atoms with Crippen LogP contribution in [0.15, 0.2) is 0 Å². The number of ether oxygens (including phenoxy) is 3. The summed E-state index contributed by atoms with van der Waals surface area (Å²) in [6, 6.07) is 0. The lowest BCUT2D eigenvalue weighted by atomic mass is 10.5. The van der Waals surface area contributed by atoms with E-state index >= 15 is 0 Å². The highest BCUT2D eigenvalue weighted by atomic mass is 19.4. The fourth-order valence-corrected chi connectivity index (χ4v) is 0.586. The molecule has 4 nitrogen and oxygen atoms in total. The number of carbonyl (C=O) groups is 1. The molecule has 0 saturated heterocycles. The molecule has 0 fully saturated rings. The molecule has 0 amide bonds. The third-order valence-electron chi connectivity index (χ3n) is 1.26. The van der Waals surface area contributed by atoms with Gasteiger partial charge in [0.1, 0.15) is 0 Å². The van der Waals surface area contributed by atoms with Crippen LogP contribution in [0.4, 0.5) is 39.5 Å². The van der Waals surface area contributed by atoms with E-state index in [0.29, 0.717) is 0 Å². The van der Waals surface area contributed by atoms with Gasteiger partial charge in [0.2, 0.25) is 0 Å². The minimum absolute atomic E-state index is 0.266. The summed E-state index contributed by atoms with van der Waals surface area (Å²) in [6.45, 7) is 0. The van der Waals surface area contributed by atoms with E-state index in [4.69, 9.17) is 0 Å². The Morgan fingerprint density at radius 2 is 1.16 bits per heavy atom. The molecule has 0 aromatic carbocycles. The lowest BCUT2D eigenvalue weighted by molar-refractivity contribution is -0.524. The first-order chi connectivity index (χ1) is 8.15. The SMILES string of the molecule is COC(=O)C(F)(F)OC(F)(F)C(F)(F)OC(F)(F)F. The van der Waals surface area contributed by atoms with Crippen molar-refractivity contribution < 1.29 is 58.5 Å². The van der Waals surface area contributed by atoms with Gasteiger partial charge in [-0.3, -0.25) is 0 Å². The van der Waals surface area contributed by atoms with Gasteiger partial charge in [-0.05, 0) is 0 Å². The summed E-state index contributed by atoms with van der Waals surface area (Å²) >= 11 is 0. The van der Waals surface area contributed by atoms with Crippen molar-refractivity contribution >= 4 is 5.97 Å². The van der Waals surface area contributed by atoms with Gasteiger partial charge in [-0.15, -0.1) is 13.2 Å². The Labute approximate surface area is 97.6 Å². The summed E-state index contributed by atoms with van der Waals surface area (Å²) in [6.07, 6.45) is -24.8. The minimum Gasteiger partial charge on any atom is -0.463 e. The Hall–Kier alpha value is -1.24. The Morgan fingerprint density at radius 1 is 0.789 bits per heavy atom. The zero-order valence-electron chi connectivity index (χ0n) is 8.53. The fourth-order valence-electron chi connectivity index (χ4n) is 0.586. The van der Waals surface area contributed by atoms with E-state index in [0.717, 1.165) is 0 Å². The van der Waals surface area contributed by atoms with E-state index in [9.17, 15) is 44.3 Å². The van der Waals surface area contributed by atoms with Crippen molar-refractivity contribution in [3.63, 3.8) is 0 Å². The number of esters is 1. The van der Waals surface area contributed by atoms with Crippen molar-refractivity contribution in [2.24, 2.45) is 0 Å². The van der Waals surface area contributed by atoms with Crippen LogP contribution in [0, 0.1) is 0 Å². The molecule has 0 heterocycles. The molecule has 0 saturated carbocycles. The molecule has 0 bridgehead atoms. The van der Waals surface area contributed by atoms with Gasteiger partial charge in [-0.1, -0.05) is 0 Å². The highest BCUT2D eigenvalue weighted by Crippen LogP contribution is 2.43. The lowest BCUT2D eigenvalue weighted by Gasteiger charge is -2.28. The van der Waals surface area contributed by atoms with Crippen LogP contribution in [-0.2, 0) is 19.0 Å². The molecule has 0 rings (SSSR count). The van der Waals surface area contributed by atoms with Crippen LogP contribution in [0.1, 0.15) is 0 Å².